The van der Waals surface area contributed by atoms with Gasteiger partial charge in [-0.1, -0.05) is 11.6 Å². The van der Waals surface area contributed by atoms with E-state index in [0.29, 0.717) is 10.7 Å². The molecule has 3 rings (SSSR count). The molecule has 0 radical (unpaired) electrons. The van der Waals surface area contributed by atoms with Crippen molar-refractivity contribution < 1.29 is 9.34 Å². The van der Waals surface area contributed by atoms with E-state index in [2.05, 4.69) is 20.3 Å². The minimum absolute atomic E-state index is 0.0504. The monoisotopic (exact) mass is 332 g/mol. The van der Waals surface area contributed by atoms with Gasteiger partial charge in [-0.3, -0.25) is 10.1 Å². The summed E-state index contributed by atoms with van der Waals surface area (Å²) in [4.78, 5) is 22.0. The molecule has 0 fully saturated rings. The molecule has 10 heteroatoms. The van der Waals surface area contributed by atoms with Gasteiger partial charge in [-0.25, -0.2) is 0 Å². The summed E-state index contributed by atoms with van der Waals surface area (Å²) in [6.07, 6.45) is 0. The molecule has 0 saturated carbocycles. The summed E-state index contributed by atoms with van der Waals surface area (Å²) in [7, 11) is 0. The topological polar surface area (TPSA) is 133 Å². The zero-order valence-corrected chi connectivity index (χ0v) is 12.2. The number of hydrogen-bond donors (Lipinski definition) is 2. The number of hydrogen-bond acceptors (Lipinski definition) is 8. The number of nitrogen functional groups attached to an aromatic ring is 1. The van der Waals surface area contributed by atoms with E-state index in [0.717, 1.165) is 0 Å². The van der Waals surface area contributed by atoms with Crippen LogP contribution in [0.2, 0.25) is 5.02 Å². The van der Waals surface area contributed by atoms with Crippen LogP contribution in [0.3, 0.4) is 0 Å². The van der Waals surface area contributed by atoms with E-state index in [-0.39, 0.29) is 23.5 Å². The predicted molar refractivity (Wildman–Crippen MR) is 83.3 cm³/mol. The second-order valence-electron chi connectivity index (χ2n) is 4.37. The van der Waals surface area contributed by atoms with E-state index in [9.17, 15) is 10.1 Å². The second kappa shape index (κ2) is 5.89. The molecule has 2 heterocycles. The van der Waals surface area contributed by atoms with Crippen LogP contribution in [0.4, 0.5) is 23.5 Å². The number of aromatic nitrogens is 3. The third kappa shape index (κ3) is 3.35. The molecule has 0 atom stereocenters. The standard InChI is InChI=1S/C13H9ClN6O3/c14-7-1-3-8(4-2-7)16-13-18-11(17-12(15)19-13)9-5-6-10(23-9)20(21)22/h1-6H,(H3,15,16,17,18,19). The molecule has 0 saturated heterocycles. The highest BCUT2D eigenvalue weighted by Gasteiger charge is 2.16. The van der Waals surface area contributed by atoms with Gasteiger partial charge in [0.2, 0.25) is 17.7 Å². The van der Waals surface area contributed by atoms with E-state index in [1.165, 1.54) is 12.1 Å². The van der Waals surface area contributed by atoms with Gasteiger partial charge in [0, 0.05) is 10.7 Å². The Kier molecular flexibility index (Phi) is 3.77. The quantitative estimate of drug-likeness (QED) is 0.550. The average Bonchev–Trinajstić information content (AvgIpc) is 2.99. The Morgan fingerprint density at radius 2 is 1.87 bits per heavy atom. The second-order valence-corrected chi connectivity index (χ2v) is 4.80. The van der Waals surface area contributed by atoms with Crippen molar-refractivity contribution in [2.75, 3.05) is 11.1 Å². The molecule has 0 amide bonds. The summed E-state index contributed by atoms with van der Waals surface area (Å²) in [6, 6.07) is 9.47. The molecule has 1 aromatic carbocycles. The maximum atomic E-state index is 10.7. The summed E-state index contributed by atoms with van der Waals surface area (Å²) in [5.74, 6) is -0.0856. The van der Waals surface area contributed by atoms with Crippen LogP contribution in [0.15, 0.2) is 40.8 Å². The lowest BCUT2D eigenvalue weighted by atomic mass is 10.3. The van der Waals surface area contributed by atoms with E-state index in [1.54, 1.807) is 24.3 Å². The molecule has 0 aliphatic carbocycles. The molecule has 116 valence electrons. The van der Waals surface area contributed by atoms with Crippen molar-refractivity contribution in [3.05, 3.63) is 51.5 Å². The van der Waals surface area contributed by atoms with Crippen LogP contribution in [0.1, 0.15) is 0 Å². The van der Waals surface area contributed by atoms with Crippen molar-refractivity contribution in [1.29, 1.82) is 0 Å². The number of benzene rings is 1. The summed E-state index contributed by atoms with van der Waals surface area (Å²) >= 11 is 5.82. The van der Waals surface area contributed by atoms with Crippen LogP contribution in [-0.2, 0) is 0 Å². The van der Waals surface area contributed by atoms with Crippen molar-refractivity contribution in [2.45, 2.75) is 0 Å². The van der Waals surface area contributed by atoms with Crippen molar-refractivity contribution >= 4 is 35.1 Å². The van der Waals surface area contributed by atoms with Gasteiger partial charge in [0.15, 0.2) is 5.76 Å². The number of halogens is 1. The molecule has 0 unspecified atom stereocenters. The number of nitrogens with one attached hydrogen (secondary N) is 1. The normalized spacial score (nSPS) is 10.5. The summed E-state index contributed by atoms with van der Waals surface area (Å²) in [6.45, 7) is 0. The predicted octanol–water partition coefficient (Wildman–Crippen LogP) is 3.02. The summed E-state index contributed by atoms with van der Waals surface area (Å²) in [5.41, 5.74) is 6.33. The highest BCUT2D eigenvalue weighted by Crippen LogP contribution is 2.25. The number of furan rings is 1. The molecule has 9 nitrogen and oxygen atoms in total. The van der Waals surface area contributed by atoms with Crippen LogP contribution in [-0.4, -0.2) is 19.9 Å². The minimum Gasteiger partial charge on any atom is -0.397 e. The molecule has 0 spiro atoms. The van der Waals surface area contributed by atoms with Gasteiger partial charge in [-0.05, 0) is 30.3 Å². The highest BCUT2D eigenvalue weighted by molar-refractivity contribution is 6.30. The maximum Gasteiger partial charge on any atom is 0.433 e. The van der Waals surface area contributed by atoms with Gasteiger partial charge in [0.1, 0.15) is 4.92 Å². The van der Waals surface area contributed by atoms with E-state index in [4.69, 9.17) is 21.8 Å². The van der Waals surface area contributed by atoms with Crippen LogP contribution < -0.4 is 11.1 Å². The molecular weight excluding hydrogens is 324 g/mol. The lowest BCUT2D eigenvalue weighted by molar-refractivity contribution is -0.401. The van der Waals surface area contributed by atoms with E-state index < -0.39 is 10.8 Å². The molecule has 2 aromatic heterocycles. The van der Waals surface area contributed by atoms with Gasteiger partial charge >= 0.3 is 5.88 Å². The Balaban J connectivity index is 1.92. The first kappa shape index (κ1) is 14.7. The molecule has 0 aliphatic heterocycles. The van der Waals surface area contributed by atoms with Crippen LogP contribution >= 0.6 is 11.6 Å². The zero-order valence-electron chi connectivity index (χ0n) is 11.4. The number of nitro groups is 1. The smallest absolute Gasteiger partial charge is 0.397 e. The number of anilines is 3. The average molecular weight is 333 g/mol. The third-order valence-corrected chi connectivity index (χ3v) is 3.00. The third-order valence-electron chi connectivity index (χ3n) is 2.75. The van der Waals surface area contributed by atoms with Crippen LogP contribution in [0.5, 0.6) is 0 Å². The van der Waals surface area contributed by atoms with Crippen molar-refractivity contribution in [3.8, 4) is 11.6 Å². The van der Waals surface area contributed by atoms with Gasteiger partial charge in [-0.2, -0.15) is 15.0 Å². The Morgan fingerprint density at radius 1 is 1.13 bits per heavy atom. The maximum absolute atomic E-state index is 10.7. The first-order chi connectivity index (χ1) is 11.0. The summed E-state index contributed by atoms with van der Waals surface area (Å²) in [5, 5.41) is 14.2. The Labute approximate surface area is 134 Å². The lowest BCUT2D eigenvalue weighted by Gasteiger charge is -2.06. The van der Waals surface area contributed by atoms with E-state index >= 15 is 0 Å². The highest BCUT2D eigenvalue weighted by atomic mass is 35.5. The number of rotatable bonds is 4. The Morgan fingerprint density at radius 3 is 2.52 bits per heavy atom. The molecule has 23 heavy (non-hydrogen) atoms. The number of nitrogens with two attached hydrogens (primary N) is 1. The van der Waals surface area contributed by atoms with Crippen molar-refractivity contribution in [1.82, 2.24) is 15.0 Å². The SMILES string of the molecule is Nc1nc(Nc2ccc(Cl)cc2)nc(-c2ccc([N+](=O)[O-])o2)n1. The fourth-order valence-corrected chi connectivity index (χ4v) is 1.89. The van der Waals surface area contributed by atoms with E-state index in [1.807, 2.05) is 0 Å². The fourth-order valence-electron chi connectivity index (χ4n) is 1.77. The Hall–Kier alpha value is -3.20. The van der Waals surface area contributed by atoms with Gasteiger partial charge < -0.3 is 15.5 Å². The summed E-state index contributed by atoms with van der Waals surface area (Å²) < 4.78 is 5.05. The molecule has 0 bridgehead atoms. The minimum atomic E-state index is -0.652. The van der Waals surface area contributed by atoms with Gasteiger partial charge in [0.25, 0.3) is 0 Å². The first-order valence-electron chi connectivity index (χ1n) is 6.30. The van der Waals surface area contributed by atoms with Crippen molar-refractivity contribution in [2.24, 2.45) is 0 Å². The number of nitrogens with zero attached hydrogens (tertiary/aromatic N) is 4. The Bertz CT molecular complexity index is 864. The van der Waals surface area contributed by atoms with Crippen LogP contribution in [0, 0.1) is 10.1 Å². The molecule has 3 aromatic rings. The molecule has 0 aliphatic rings. The van der Waals surface area contributed by atoms with Crippen LogP contribution in [0.25, 0.3) is 11.6 Å². The largest absolute Gasteiger partial charge is 0.433 e. The van der Waals surface area contributed by atoms with Gasteiger partial charge in [0.05, 0.1) is 6.07 Å². The molecular formula is C13H9ClN6O3. The first-order valence-corrected chi connectivity index (χ1v) is 6.68. The van der Waals surface area contributed by atoms with Gasteiger partial charge in [-0.15, -0.1) is 0 Å². The molecule has 3 N–H and O–H groups in total. The zero-order chi connectivity index (χ0) is 16.4. The lowest BCUT2D eigenvalue weighted by Crippen LogP contribution is -2.04. The van der Waals surface area contributed by atoms with Crippen molar-refractivity contribution in [3.63, 3.8) is 0 Å². The fraction of sp³-hybridized carbons (Fsp3) is 0.